The van der Waals surface area contributed by atoms with Crippen molar-refractivity contribution < 1.29 is 19.5 Å². The van der Waals surface area contributed by atoms with Gasteiger partial charge in [-0.2, -0.15) is 0 Å². The number of imide groups is 1. The van der Waals surface area contributed by atoms with Gasteiger partial charge in [0.2, 0.25) is 17.7 Å². The Bertz CT molecular complexity index is 742. The first kappa shape index (κ1) is 14.9. The molecule has 1 saturated carbocycles. The highest BCUT2D eigenvalue weighted by molar-refractivity contribution is 6.10. The van der Waals surface area contributed by atoms with Gasteiger partial charge >= 0.3 is 0 Å². The minimum Gasteiger partial charge on any atom is -0.506 e. The van der Waals surface area contributed by atoms with Gasteiger partial charge in [-0.1, -0.05) is 24.3 Å². The summed E-state index contributed by atoms with van der Waals surface area (Å²) in [6.45, 7) is 1.54. The smallest absolute Gasteiger partial charge is 0.247 e. The zero-order valence-electron chi connectivity index (χ0n) is 13.2. The molecule has 6 nitrogen and oxygen atoms in total. The van der Waals surface area contributed by atoms with E-state index in [4.69, 9.17) is 0 Å². The van der Waals surface area contributed by atoms with Crippen LogP contribution in [0.25, 0.3) is 0 Å². The van der Waals surface area contributed by atoms with Crippen LogP contribution in [0.3, 0.4) is 0 Å². The fourth-order valence-corrected chi connectivity index (χ4v) is 4.24. The van der Waals surface area contributed by atoms with E-state index in [1.807, 2.05) is 12.2 Å². The number of carbonyl (C=O) groups excluding carboxylic acids is 3. The summed E-state index contributed by atoms with van der Waals surface area (Å²) >= 11 is 0. The summed E-state index contributed by atoms with van der Waals surface area (Å²) < 4.78 is 0. The average Bonchev–Trinajstić information content (AvgIpc) is 3.23. The number of anilines is 1. The second kappa shape index (κ2) is 5.19. The Balaban J connectivity index is 1.54. The molecule has 3 amide bonds. The van der Waals surface area contributed by atoms with Crippen LogP contribution in [-0.2, 0) is 14.4 Å². The van der Waals surface area contributed by atoms with E-state index in [1.165, 1.54) is 6.07 Å². The normalized spacial score (nSPS) is 31.5. The number of carbonyl (C=O) groups is 3. The van der Waals surface area contributed by atoms with E-state index >= 15 is 0 Å². The number of likely N-dealkylation sites (tertiary alicyclic amines) is 1. The standard InChI is InChI=1S/C18H18N2O4/c1-9(16(22)19-12-4-2-3-5-13(12)21)20-17(23)14-10-6-7-11(8-10)15(14)18(20)24/h2-7,9-11,14-15,21H,8H2,1H3,(H,19,22)/t9-,10+,11+,14-,15+/m1/s1. The van der Waals surface area contributed by atoms with Crippen LogP contribution in [0.2, 0.25) is 0 Å². The minimum absolute atomic E-state index is 0.0590. The third-order valence-electron chi connectivity index (χ3n) is 5.43. The van der Waals surface area contributed by atoms with E-state index in [-0.39, 0.29) is 46.9 Å². The van der Waals surface area contributed by atoms with Gasteiger partial charge < -0.3 is 10.4 Å². The highest BCUT2D eigenvalue weighted by Gasteiger charge is 2.60. The number of benzene rings is 1. The van der Waals surface area contributed by atoms with Crippen molar-refractivity contribution in [3.05, 3.63) is 36.4 Å². The fourth-order valence-electron chi connectivity index (χ4n) is 4.24. The van der Waals surface area contributed by atoms with Crippen molar-refractivity contribution in [3.8, 4) is 5.75 Å². The first-order valence-corrected chi connectivity index (χ1v) is 8.13. The third kappa shape index (κ3) is 1.99. The minimum atomic E-state index is -0.908. The molecule has 1 saturated heterocycles. The quantitative estimate of drug-likeness (QED) is 0.501. The van der Waals surface area contributed by atoms with E-state index in [2.05, 4.69) is 5.32 Å². The maximum atomic E-state index is 12.7. The Morgan fingerprint density at radius 2 is 1.75 bits per heavy atom. The first-order valence-electron chi connectivity index (χ1n) is 8.13. The molecule has 0 unspecified atom stereocenters. The number of fused-ring (bicyclic) bond motifs is 5. The molecule has 5 atom stereocenters. The summed E-state index contributed by atoms with van der Waals surface area (Å²) in [6.07, 6.45) is 4.90. The second-order valence-electron chi connectivity index (χ2n) is 6.73. The van der Waals surface area contributed by atoms with Crippen LogP contribution >= 0.6 is 0 Å². The molecule has 0 spiro atoms. The van der Waals surface area contributed by atoms with E-state index in [1.54, 1.807) is 25.1 Å². The Labute approximate surface area is 139 Å². The van der Waals surface area contributed by atoms with E-state index in [0.29, 0.717) is 0 Å². The maximum Gasteiger partial charge on any atom is 0.247 e. The van der Waals surface area contributed by atoms with Gasteiger partial charge in [-0.15, -0.1) is 0 Å². The van der Waals surface area contributed by atoms with Gasteiger partial charge in [0.25, 0.3) is 0 Å². The Morgan fingerprint density at radius 1 is 1.17 bits per heavy atom. The number of nitrogens with zero attached hydrogens (tertiary/aromatic N) is 1. The average molecular weight is 326 g/mol. The van der Waals surface area contributed by atoms with Crippen LogP contribution < -0.4 is 5.32 Å². The topological polar surface area (TPSA) is 86.7 Å². The molecule has 6 heteroatoms. The molecule has 1 aliphatic heterocycles. The summed E-state index contributed by atoms with van der Waals surface area (Å²) in [5, 5.41) is 12.3. The van der Waals surface area contributed by atoms with Crippen molar-refractivity contribution in [2.24, 2.45) is 23.7 Å². The van der Waals surface area contributed by atoms with Crippen molar-refractivity contribution in [1.82, 2.24) is 4.90 Å². The lowest BCUT2D eigenvalue weighted by molar-refractivity contribution is -0.146. The number of amides is 3. The summed E-state index contributed by atoms with van der Waals surface area (Å²) in [6, 6.07) is 5.44. The lowest BCUT2D eigenvalue weighted by Gasteiger charge is -2.24. The van der Waals surface area contributed by atoms with Crippen LogP contribution in [-0.4, -0.2) is 33.8 Å². The maximum absolute atomic E-state index is 12.7. The monoisotopic (exact) mass is 326 g/mol. The molecular formula is C18H18N2O4. The lowest BCUT2D eigenvalue weighted by atomic mass is 9.85. The van der Waals surface area contributed by atoms with Crippen LogP contribution in [0.4, 0.5) is 5.69 Å². The predicted octanol–water partition coefficient (Wildman–Crippen LogP) is 1.53. The van der Waals surface area contributed by atoms with Crippen LogP contribution in [0.15, 0.2) is 36.4 Å². The van der Waals surface area contributed by atoms with Crippen LogP contribution in [0.5, 0.6) is 5.75 Å². The van der Waals surface area contributed by atoms with E-state index in [0.717, 1.165) is 11.3 Å². The molecule has 24 heavy (non-hydrogen) atoms. The van der Waals surface area contributed by atoms with Gasteiger partial charge in [0.1, 0.15) is 11.8 Å². The molecule has 3 aliphatic rings. The summed E-state index contributed by atoms with van der Waals surface area (Å²) in [5.41, 5.74) is 0.260. The fraction of sp³-hybridized carbons (Fsp3) is 0.389. The second-order valence-corrected chi connectivity index (χ2v) is 6.73. The molecular weight excluding hydrogens is 308 g/mol. The molecule has 4 rings (SSSR count). The van der Waals surface area contributed by atoms with Crippen molar-refractivity contribution in [2.75, 3.05) is 5.32 Å². The molecule has 1 aromatic rings. The van der Waals surface area contributed by atoms with E-state index < -0.39 is 11.9 Å². The molecule has 0 aromatic heterocycles. The summed E-state index contributed by atoms with van der Waals surface area (Å²) in [5.74, 6) is -1.43. The van der Waals surface area contributed by atoms with Gasteiger partial charge in [-0.3, -0.25) is 19.3 Å². The zero-order valence-corrected chi connectivity index (χ0v) is 13.2. The van der Waals surface area contributed by atoms with Gasteiger partial charge in [-0.05, 0) is 37.3 Å². The Hall–Kier alpha value is -2.63. The predicted molar refractivity (Wildman–Crippen MR) is 85.8 cm³/mol. The summed E-state index contributed by atoms with van der Waals surface area (Å²) in [4.78, 5) is 39.0. The molecule has 1 aromatic carbocycles. The first-order chi connectivity index (χ1) is 11.5. The number of nitrogens with one attached hydrogen (secondary N) is 1. The third-order valence-corrected chi connectivity index (χ3v) is 5.43. The van der Waals surface area contributed by atoms with Gasteiger partial charge in [0.15, 0.2) is 0 Å². The van der Waals surface area contributed by atoms with Crippen LogP contribution in [0.1, 0.15) is 13.3 Å². The van der Waals surface area contributed by atoms with Gasteiger partial charge in [-0.25, -0.2) is 0 Å². The number of aromatic hydroxyl groups is 1. The Morgan fingerprint density at radius 3 is 2.33 bits per heavy atom. The Kier molecular flexibility index (Phi) is 3.23. The van der Waals surface area contributed by atoms with Crippen molar-refractivity contribution in [2.45, 2.75) is 19.4 Å². The van der Waals surface area contributed by atoms with Crippen molar-refractivity contribution in [1.29, 1.82) is 0 Å². The highest BCUT2D eigenvalue weighted by Crippen LogP contribution is 2.52. The number of allylic oxidation sites excluding steroid dienone is 2. The highest BCUT2D eigenvalue weighted by atomic mass is 16.3. The largest absolute Gasteiger partial charge is 0.506 e. The molecule has 1 heterocycles. The van der Waals surface area contributed by atoms with E-state index in [9.17, 15) is 19.5 Å². The van der Waals surface area contributed by atoms with Crippen molar-refractivity contribution in [3.63, 3.8) is 0 Å². The number of para-hydroxylation sites is 2. The number of hydrogen-bond donors (Lipinski definition) is 2. The molecule has 2 N–H and O–H groups in total. The van der Waals surface area contributed by atoms with Crippen molar-refractivity contribution >= 4 is 23.4 Å². The molecule has 124 valence electrons. The number of phenols is 1. The van der Waals surface area contributed by atoms with Gasteiger partial charge in [0, 0.05) is 0 Å². The molecule has 2 aliphatic carbocycles. The number of rotatable bonds is 3. The zero-order chi connectivity index (χ0) is 17.0. The number of hydrogen-bond acceptors (Lipinski definition) is 4. The molecule has 0 radical (unpaired) electrons. The van der Waals surface area contributed by atoms with Gasteiger partial charge in [0.05, 0.1) is 17.5 Å². The SMILES string of the molecule is C[C@H](C(=O)Nc1ccccc1O)N1C(=O)[C@@H]2[C@H](C1=O)[C@H]1C=C[C@H]2C1. The molecule has 2 bridgehead atoms. The molecule has 2 fully saturated rings. The van der Waals surface area contributed by atoms with Crippen LogP contribution in [0, 0.1) is 23.7 Å². The summed E-state index contributed by atoms with van der Waals surface area (Å²) in [7, 11) is 0. The number of phenolic OH excluding ortho intramolecular Hbond substituents is 1. The lowest BCUT2D eigenvalue weighted by Crippen LogP contribution is -2.46.